The zero-order valence-electron chi connectivity index (χ0n) is 11.2. The summed E-state index contributed by atoms with van der Waals surface area (Å²) in [5.74, 6) is 0.767. The topological polar surface area (TPSA) is 61.8 Å². The van der Waals surface area contributed by atoms with Crippen molar-refractivity contribution >= 4 is 5.91 Å². The molecule has 5 nitrogen and oxygen atoms in total. The monoisotopic (exact) mass is 252 g/mol. The molecule has 1 aromatic carbocycles. The molecule has 0 aliphatic carbocycles. The van der Waals surface area contributed by atoms with Crippen LogP contribution in [0, 0.1) is 0 Å². The number of likely N-dealkylation sites (N-methyl/N-ethyl adjacent to an activating group) is 1. The number of aromatic hydroxyl groups is 1. The lowest BCUT2D eigenvalue weighted by Gasteiger charge is -2.18. The molecular weight excluding hydrogens is 232 g/mol. The van der Waals surface area contributed by atoms with Gasteiger partial charge < -0.3 is 20.1 Å². The molecular formula is C13H20N2O3. The average Bonchev–Trinajstić information content (AvgIpc) is 2.35. The van der Waals surface area contributed by atoms with Gasteiger partial charge in [-0.2, -0.15) is 0 Å². The van der Waals surface area contributed by atoms with Crippen LogP contribution < -0.4 is 10.1 Å². The lowest BCUT2D eigenvalue weighted by Crippen LogP contribution is -2.41. The van der Waals surface area contributed by atoms with Crippen LogP contribution in [0.1, 0.15) is 12.5 Å². The molecule has 0 saturated carbocycles. The standard InChI is InChI=1S/C13H20N2O3/c1-9(13(17)15(2)3)14-8-10-5-6-11(18-4)7-12(10)16/h5-7,9,14,16H,8H2,1-4H3. The van der Waals surface area contributed by atoms with E-state index in [-0.39, 0.29) is 17.7 Å². The molecule has 0 bridgehead atoms. The van der Waals surface area contributed by atoms with Crippen molar-refractivity contribution in [3.05, 3.63) is 23.8 Å². The second-order valence-electron chi connectivity index (χ2n) is 4.33. The summed E-state index contributed by atoms with van der Waals surface area (Å²) in [5, 5.41) is 12.8. The van der Waals surface area contributed by atoms with Gasteiger partial charge in [-0.05, 0) is 13.0 Å². The number of phenols is 1. The molecule has 0 aromatic heterocycles. The number of hydrogen-bond donors (Lipinski definition) is 2. The van der Waals surface area contributed by atoms with Crippen LogP contribution in [0.4, 0.5) is 0 Å². The minimum absolute atomic E-state index is 0.00278. The number of hydrogen-bond acceptors (Lipinski definition) is 4. The fourth-order valence-electron chi connectivity index (χ4n) is 1.56. The van der Waals surface area contributed by atoms with Gasteiger partial charge in [0.25, 0.3) is 0 Å². The number of amides is 1. The summed E-state index contributed by atoms with van der Waals surface area (Å²) in [7, 11) is 4.97. The first-order valence-corrected chi connectivity index (χ1v) is 5.76. The van der Waals surface area contributed by atoms with Gasteiger partial charge in [0.05, 0.1) is 13.2 Å². The van der Waals surface area contributed by atoms with E-state index in [1.165, 1.54) is 4.90 Å². The third-order valence-electron chi connectivity index (χ3n) is 2.70. The van der Waals surface area contributed by atoms with Crippen LogP contribution >= 0.6 is 0 Å². The van der Waals surface area contributed by atoms with E-state index in [1.54, 1.807) is 46.3 Å². The second-order valence-corrected chi connectivity index (χ2v) is 4.33. The fraction of sp³-hybridized carbons (Fsp3) is 0.462. The minimum atomic E-state index is -0.290. The number of methoxy groups -OCH3 is 1. The SMILES string of the molecule is COc1ccc(CNC(C)C(=O)N(C)C)c(O)c1. The Morgan fingerprint density at radius 2 is 2.17 bits per heavy atom. The van der Waals surface area contributed by atoms with Crippen LogP contribution in [0.2, 0.25) is 0 Å². The maximum atomic E-state index is 11.6. The molecule has 5 heteroatoms. The molecule has 0 fully saturated rings. The normalized spacial score (nSPS) is 12.0. The van der Waals surface area contributed by atoms with Crippen LogP contribution in [-0.2, 0) is 11.3 Å². The third kappa shape index (κ3) is 3.63. The van der Waals surface area contributed by atoms with Crippen LogP contribution in [-0.4, -0.2) is 43.2 Å². The average molecular weight is 252 g/mol. The predicted octanol–water partition coefficient (Wildman–Crippen LogP) is 0.967. The van der Waals surface area contributed by atoms with Crippen molar-refractivity contribution in [1.29, 1.82) is 0 Å². The molecule has 1 unspecified atom stereocenters. The molecule has 2 N–H and O–H groups in total. The van der Waals surface area contributed by atoms with E-state index in [4.69, 9.17) is 4.74 Å². The van der Waals surface area contributed by atoms with E-state index in [1.807, 2.05) is 0 Å². The Balaban J connectivity index is 2.61. The summed E-state index contributed by atoms with van der Waals surface area (Å²) in [6.07, 6.45) is 0. The molecule has 1 atom stereocenters. The largest absolute Gasteiger partial charge is 0.507 e. The first kappa shape index (κ1) is 14.3. The number of ether oxygens (including phenoxy) is 1. The van der Waals surface area contributed by atoms with E-state index < -0.39 is 0 Å². The molecule has 18 heavy (non-hydrogen) atoms. The molecule has 100 valence electrons. The number of benzene rings is 1. The molecule has 0 heterocycles. The van der Waals surface area contributed by atoms with Crippen molar-refractivity contribution in [1.82, 2.24) is 10.2 Å². The summed E-state index contributed by atoms with van der Waals surface area (Å²) >= 11 is 0. The number of rotatable bonds is 5. The number of carbonyl (C=O) groups is 1. The zero-order chi connectivity index (χ0) is 13.7. The number of phenolic OH excluding ortho intramolecular Hbond substituents is 1. The van der Waals surface area contributed by atoms with Crippen LogP contribution in [0.3, 0.4) is 0 Å². The quantitative estimate of drug-likeness (QED) is 0.819. The van der Waals surface area contributed by atoms with Gasteiger partial charge in [-0.15, -0.1) is 0 Å². The maximum Gasteiger partial charge on any atom is 0.238 e. The Kier molecular flexibility index (Phi) is 4.97. The van der Waals surface area contributed by atoms with Crippen molar-refractivity contribution in [2.24, 2.45) is 0 Å². The van der Waals surface area contributed by atoms with E-state index >= 15 is 0 Å². The maximum absolute atomic E-state index is 11.6. The Morgan fingerprint density at radius 3 is 2.67 bits per heavy atom. The lowest BCUT2D eigenvalue weighted by atomic mass is 10.1. The molecule has 0 aliphatic rings. The smallest absolute Gasteiger partial charge is 0.238 e. The zero-order valence-corrected chi connectivity index (χ0v) is 11.2. The highest BCUT2D eigenvalue weighted by Gasteiger charge is 2.14. The molecule has 1 amide bonds. The predicted molar refractivity (Wildman–Crippen MR) is 69.7 cm³/mol. The molecule has 0 radical (unpaired) electrons. The number of carbonyl (C=O) groups excluding carboxylic acids is 1. The second kappa shape index (κ2) is 6.26. The fourth-order valence-corrected chi connectivity index (χ4v) is 1.56. The van der Waals surface area contributed by atoms with Gasteiger partial charge in [-0.3, -0.25) is 4.79 Å². The highest BCUT2D eigenvalue weighted by atomic mass is 16.5. The van der Waals surface area contributed by atoms with Crippen molar-refractivity contribution in [3.8, 4) is 11.5 Å². The Morgan fingerprint density at radius 1 is 1.50 bits per heavy atom. The molecule has 0 aliphatic heterocycles. The van der Waals surface area contributed by atoms with Crippen molar-refractivity contribution in [2.45, 2.75) is 19.5 Å². The van der Waals surface area contributed by atoms with Crippen LogP contribution in [0.5, 0.6) is 11.5 Å². The van der Waals surface area contributed by atoms with Gasteiger partial charge in [-0.1, -0.05) is 6.07 Å². The summed E-state index contributed by atoms with van der Waals surface area (Å²) in [4.78, 5) is 13.2. The van der Waals surface area contributed by atoms with Gasteiger partial charge in [0.15, 0.2) is 0 Å². The van der Waals surface area contributed by atoms with Gasteiger partial charge in [0, 0.05) is 32.3 Å². The van der Waals surface area contributed by atoms with Crippen molar-refractivity contribution < 1.29 is 14.6 Å². The Bertz CT molecular complexity index is 419. The summed E-state index contributed by atoms with van der Waals surface area (Å²) < 4.78 is 5.00. The summed E-state index contributed by atoms with van der Waals surface area (Å²) in [6.45, 7) is 2.22. The molecule has 1 rings (SSSR count). The summed E-state index contributed by atoms with van der Waals surface area (Å²) in [5.41, 5.74) is 0.731. The Hall–Kier alpha value is -1.75. The van der Waals surface area contributed by atoms with Gasteiger partial charge in [0.1, 0.15) is 11.5 Å². The third-order valence-corrected chi connectivity index (χ3v) is 2.70. The highest BCUT2D eigenvalue weighted by Crippen LogP contribution is 2.23. The van der Waals surface area contributed by atoms with Crippen molar-refractivity contribution in [3.63, 3.8) is 0 Å². The van der Waals surface area contributed by atoms with E-state index in [0.29, 0.717) is 12.3 Å². The Labute approximate surface area is 107 Å². The first-order valence-electron chi connectivity index (χ1n) is 5.76. The number of nitrogens with zero attached hydrogens (tertiary/aromatic N) is 1. The van der Waals surface area contributed by atoms with Crippen LogP contribution in [0.25, 0.3) is 0 Å². The molecule has 0 spiro atoms. The van der Waals surface area contributed by atoms with E-state index in [2.05, 4.69) is 5.32 Å². The highest BCUT2D eigenvalue weighted by molar-refractivity contribution is 5.80. The first-order chi connectivity index (χ1) is 8.45. The lowest BCUT2D eigenvalue weighted by molar-refractivity contribution is -0.130. The van der Waals surface area contributed by atoms with Crippen molar-refractivity contribution in [2.75, 3.05) is 21.2 Å². The van der Waals surface area contributed by atoms with Gasteiger partial charge >= 0.3 is 0 Å². The molecule has 1 aromatic rings. The van der Waals surface area contributed by atoms with E-state index in [9.17, 15) is 9.90 Å². The number of nitrogens with one attached hydrogen (secondary N) is 1. The summed E-state index contributed by atoms with van der Waals surface area (Å²) in [6, 6.07) is 4.81. The van der Waals surface area contributed by atoms with Gasteiger partial charge in [-0.25, -0.2) is 0 Å². The molecule has 0 saturated heterocycles. The van der Waals surface area contributed by atoms with Crippen LogP contribution in [0.15, 0.2) is 18.2 Å². The van der Waals surface area contributed by atoms with E-state index in [0.717, 1.165) is 5.56 Å². The van der Waals surface area contributed by atoms with Gasteiger partial charge in [0.2, 0.25) is 5.91 Å². The minimum Gasteiger partial charge on any atom is -0.507 e.